The van der Waals surface area contributed by atoms with E-state index in [1.807, 2.05) is 0 Å². The molecule has 0 saturated carbocycles. The summed E-state index contributed by atoms with van der Waals surface area (Å²) in [5.74, 6) is -0.169. The number of nitrogens with two attached hydrogens (primary N) is 1. The van der Waals surface area contributed by atoms with Gasteiger partial charge in [0.05, 0.1) is 23.2 Å². The predicted octanol–water partition coefficient (Wildman–Crippen LogP) is 3.61. The van der Waals surface area contributed by atoms with E-state index < -0.39 is 17.6 Å². The molecule has 1 heterocycles. The molecule has 0 radical (unpaired) electrons. The van der Waals surface area contributed by atoms with E-state index in [1.165, 1.54) is 19.2 Å². The summed E-state index contributed by atoms with van der Waals surface area (Å²) in [7, 11) is 1.44. The summed E-state index contributed by atoms with van der Waals surface area (Å²) < 4.78 is 43.7. The maximum Gasteiger partial charge on any atom is 0.418 e. The molecule has 0 bridgehead atoms. The van der Waals surface area contributed by atoms with Crippen LogP contribution in [0.5, 0.6) is 5.75 Å². The van der Waals surface area contributed by atoms with Gasteiger partial charge >= 0.3 is 6.18 Å². The van der Waals surface area contributed by atoms with Crippen LogP contribution in [-0.4, -0.2) is 13.0 Å². The summed E-state index contributed by atoms with van der Waals surface area (Å²) in [6.45, 7) is 0. The Kier molecular flexibility index (Phi) is 4.08. The number of hydrogen-bond donors (Lipinski definition) is 2. The van der Waals surface area contributed by atoms with Gasteiger partial charge in [-0.15, -0.1) is 11.3 Å². The fourth-order valence-corrected chi connectivity index (χ4v) is 2.38. The zero-order valence-electron chi connectivity index (χ0n) is 10.8. The Morgan fingerprint density at radius 3 is 2.62 bits per heavy atom. The minimum atomic E-state index is -4.61. The molecule has 0 spiro atoms. The molecule has 112 valence electrons. The lowest BCUT2D eigenvalue weighted by molar-refractivity contribution is -0.136. The summed E-state index contributed by atoms with van der Waals surface area (Å²) in [5, 5.41) is 3.82. The van der Waals surface area contributed by atoms with Gasteiger partial charge in [0.2, 0.25) is 0 Å². The first-order chi connectivity index (χ1) is 9.81. The summed E-state index contributed by atoms with van der Waals surface area (Å²) in [5.41, 5.74) is 4.01. The molecule has 1 amide bonds. The van der Waals surface area contributed by atoms with Gasteiger partial charge in [-0.1, -0.05) is 0 Å². The second-order valence-corrected chi connectivity index (χ2v) is 5.02. The lowest BCUT2D eigenvalue weighted by atomic mass is 10.1. The molecule has 2 aromatic rings. The van der Waals surface area contributed by atoms with Crippen LogP contribution >= 0.6 is 11.3 Å². The van der Waals surface area contributed by atoms with E-state index in [0.29, 0.717) is 5.75 Å². The van der Waals surface area contributed by atoms with Gasteiger partial charge in [-0.05, 0) is 18.2 Å². The minimum Gasteiger partial charge on any atom is -0.496 e. The zero-order chi connectivity index (χ0) is 15.6. The Hall–Kier alpha value is -2.22. The number of amides is 1. The molecule has 0 aliphatic carbocycles. The largest absolute Gasteiger partial charge is 0.496 e. The van der Waals surface area contributed by atoms with Gasteiger partial charge in [0, 0.05) is 17.1 Å². The molecule has 4 nitrogen and oxygen atoms in total. The molecule has 0 saturated heterocycles. The SMILES string of the molecule is COc1csc(C(=O)Nc2ccc(N)cc2C(F)(F)F)c1. The molecule has 1 aromatic carbocycles. The van der Waals surface area contributed by atoms with Gasteiger partial charge < -0.3 is 15.8 Å². The highest BCUT2D eigenvalue weighted by molar-refractivity contribution is 7.12. The summed E-state index contributed by atoms with van der Waals surface area (Å²) >= 11 is 1.07. The van der Waals surface area contributed by atoms with E-state index in [-0.39, 0.29) is 16.3 Å². The Labute approximate surface area is 122 Å². The lowest BCUT2D eigenvalue weighted by Gasteiger charge is -2.14. The molecule has 8 heteroatoms. The van der Waals surface area contributed by atoms with Gasteiger partial charge in [-0.25, -0.2) is 0 Å². The number of carbonyl (C=O) groups is 1. The van der Waals surface area contributed by atoms with Crippen molar-refractivity contribution in [3.8, 4) is 5.75 Å². The Bertz CT molecular complexity index is 668. The Morgan fingerprint density at radius 2 is 2.05 bits per heavy atom. The number of halogens is 3. The van der Waals surface area contributed by atoms with E-state index in [0.717, 1.165) is 23.5 Å². The van der Waals surface area contributed by atoms with Crippen molar-refractivity contribution in [2.75, 3.05) is 18.2 Å². The number of carbonyl (C=O) groups excluding carboxylic acids is 1. The maximum atomic E-state index is 12.9. The number of benzene rings is 1. The number of alkyl halides is 3. The Balaban J connectivity index is 2.29. The topological polar surface area (TPSA) is 64.3 Å². The number of nitrogens with one attached hydrogen (secondary N) is 1. The van der Waals surface area contributed by atoms with E-state index in [1.54, 1.807) is 5.38 Å². The van der Waals surface area contributed by atoms with Crippen LogP contribution in [0, 0.1) is 0 Å². The van der Waals surface area contributed by atoms with Gasteiger partial charge in [-0.3, -0.25) is 4.79 Å². The van der Waals surface area contributed by atoms with Gasteiger partial charge in [0.25, 0.3) is 5.91 Å². The molecule has 3 N–H and O–H groups in total. The van der Waals surface area contributed by atoms with Crippen LogP contribution in [0.2, 0.25) is 0 Å². The fourth-order valence-electron chi connectivity index (χ4n) is 1.63. The van der Waals surface area contributed by atoms with Gasteiger partial charge in [0.1, 0.15) is 5.75 Å². The molecule has 2 rings (SSSR count). The molecular formula is C13H11F3N2O2S. The smallest absolute Gasteiger partial charge is 0.418 e. The quantitative estimate of drug-likeness (QED) is 0.850. The highest BCUT2D eigenvalue weighted by Crippen LogP contribution is 2.36. The van der Waals surface area contributed by atoms with Crippen molar-refractivity contribution in [1.82, 2.24) is 0 Å². The highest BCUT2D eigenvalue weighted by Gasteiger charge is 2.34. The minimum absolute atomic E-state index is 0.0295. The van der Waals surface area contributed by atoms with Crippen molar-refractivity contribution in [1.29, 1.82) is 0 Å². The highest BCUT2D eigenvalue weighted by atomic mass is 32.1. The molecule has 0 unspecified atom stereocenters. The standard InChI is InChI=1S/C13H11F3N2O2S/c1-20-8-5-11(21-6-8)12(19)18-10-3-2-7(17)4-9(10)13(14,15)16/h2-6H,17H2,1H3,(H,18,19). The number of ether oxygens (including phenoxy) is 1. The van der Waals surface area contributed by atoms with Crippen molar-refractivity contribution in [2.24, 2.45) is 0 Å². The van der Waals surface area contributed by atoms with Crippen LogP contribution in [0.15, 0.2) is 29.6 Å². The number of nitrogen functional groups attached to an aromatic ring is 1. The fraction of sp³-hybridized carbons (Fsp3) is 0.154. The predicted molar refractivity (Wildman–Crippen MR) is 74.7 cm³/mol. The molecule has 21 heavy (non-hydrogen) atoms. The first kappa shape index (κ1) is 15.2. The number of thiophene rings is 1. The molecule has 0 aliphatic rings. The third kappa shape index (κ3) is 3.46. The van der Waals surface area contributed by atoms with Crippen LogP contribution in [-0.2, 0) is 6.18 Å². The zero-order valence-corrected chi connectivity index (χ0v) is 11.6. The third-order valence-electron chi connectivity index (χ3n) is 2.63. The van der Waals surface area contributed by atoms with Crippen molar-refractivity contribution in [3.63, 3.8) is 0 Å². The number of hydrogen-bond acceptors (Lipinski definition) is 4. The molecule has 0 atom stereocenters. The van der Waals surface area contributed by atoms with E-state index >= 15 is 0 Å². The van der Waals surface area contributed by atoms with E-state index in [9.17, 15) is 18.0 Å². The van der Waals surface area contributed by atoms with E-state index in [4.69, 9.17) is 10.5 Å². The molecule has 0 fully saturated rings. The van der Waals surface area contributed by atoms with Crippen LogP contribution in [0.25, 0.3) is 0 Å². The normalized spacial score (nSPS) is 11.2. The van der Waals surface area contributed by atoms with Crippen molar-refractivity contribution < 1.29 is 22.7 Å². The summed E-state index contributed by atoms with van der Waals surface area (Å²) in [4.78, 5) is 12.2. The van der Waals surface area contributed by atoms with Crippen LogP contribution < -0.4 is 15.8 Å². The summed E-state index contributed by atoms with van der Waals surface area (Å²) in [6, 6.07) is 4.65. The first-order valence-electron chi connectivity index (χ1n) is 5.72. The number of rotatable bonds is 3. The Morgan fingerprint density at radius 1 is 1.33 bits per heavy atom. The second-order valence-electron chi connectivity index (χ2n) is 4.11. The van der Waals surface area contributed by atoms with Crippen molar-refractivity contribution in [3.05, 3.63) is 40.1 Å². The van der Waals surface area contributed by atoms with E-state index in [2.05, 4.69) is 5.32 Å². The molecular weight excluding hydrogens is 305 g/mol. The molecule has 1 aromatic heterocycles. The van der Waals surface area contributed by atoms with Crippen LogP contribution in [0.1, 0.15) is 15.2 Å². The van der Waals surface area contributed by atoms with Crippen LogP contribution in [0.3, 0.4) is 0 Å². The molecule has 0 aliphatic heterocycles. The second kappa shape index (κ2) is 5.65. The number of methoxy groups -OCH3 is 1. The average molecular weight is 316 g/mol. The number of anilines is 2. The van der Waals surface area contributed by atoms with Crippen molar-refractivity contribution >= 4 is 28.6 Å². The van der Waals surface area contributed by atoms with Gasteiger partial charge in [-0.2, -0.15) is 13.2 Å². The maximum absolute atomic E-state index is 12.9. The van der Waals surface area contributed by atoms with Crippen LogP contribution in [0.4, 0.5) is 24.5 Å². The average Bonchev–Trinajstić information content (AvgIpc) is 2.88. The summed E-state index contributed by atoms with van der Waals surface area (Å²) in [6.07, 6.45) is -4.61. The van der Waals surface area contributed by atoms with Gasteiger partial charge in [0.15, 0.2) is 0 Å². The lowest BCUT2D eigenvalue weighted by Crippen LogP contribution is -2.16. The monoisotopic (exact) mass is 316 g/mol. The van der Waals surface area contributed by atoms with Crippen molar-refractivity contribution in [2.45, 2.75) is 6.18 Å². The third-order valence-corrected chi connectivity index (χ3v) is 3.54. The first-order valence-corrected chi connectivity index (χ1v) is 6.60.